The lowest BCUT2D eigenvalue weighted by atomic mass is 9.75. The molecule has 154 valence electrons. The number of carbonyl (C=O) groups is 1. The van der Waals surface area contributed by atoms with Gasteiger partial charge in [0.2, 0.25) is 0 Å². The fraction of sp³-hybridized carbons (Fsp3) is 0.273. The Hall–Kier alpha value is -3.03. The van der Waals surface area contributed by atoms with E-state index in [0.29, 0.717) is 42.0 Å². The van der Waals surface area contributed by atoms with Gasteiger partial charge < -0.3 is 10.8 Å². The van der Waals surface area contributed by atoms with Gasteiger partial charge in [0.1, 0.15) is 0 Å². The van der Waals surface area contributed by atoms with Gasteiger partial charge in [-0.15, -0.1) is 0 Å². The SMILES string of the molecule is NC1(c2cccc(Cl)c2)CCC(n2nc(-c3cncc(C(=O)O)c3)ccc2=O)CC1. The molecule has 1 aromatic carbocycles. The molecule has 3 aromatic rings. The molecule has 30 heavy (non-hydrogen) atoms. The minimum Gasteiger partial charge on any atom is -0.478 e. The number of nitrogens with zero attached hydrogens (tertiary/aromatic N) is 3. The van der Waals surface area contributed by atoms with Crippen molar-refractivity contribution in [3.8, 4) is 11.3 Å². The summed E-state index contributed by atoms with van der Waals surface area (Å²) < 4.78 is 1.49. The van der Waals surface area contributed by atoms with Crippen molar-refractivity contribution in [2.75, 3.05) is 0 Å². The van der Waals surface area contributed by atoms with Gasteiger partial charge in [-0.25, -0.2) is 9.48 Å². The van der Waals surface area contributed by atoms with Crippen LogP contribution in [0.15, 0.2) is 59.7 Å². The Balaban J connectivity index is 1.58. The molecule has 7 nitrogen and oxygen atoms in total. The average Bonchev–Trinajstić information content (AvgIpc) is 2.75. The summed E-state index contributed by atoms with van der Waals surface area (Å²) in [5.41, 5.74) is 8.10. The largest absolute Gasteiger partial charge is 0.478 e. The molecule has 0 spiro atoms. The Kier molecular flexibility index (Phi) is 5.40. The van der Waals surface area contributed by atoms with E-state index in [2.05, 4.69) is 10.1 Å². The van der Waals surface area contributed by atoms with Gasteiger partial charge in [-0.3, -0.25) is 9.78 Å². The predicted molar refractivity (Wildman–Crippen MR) is 114 cm³/mol. The lowest BCUT2D eigenvalue weighted by Crippen LogP contribution is -2.42. The molecule has 4 rings (SSSR count). The average molecular weight is 425 g/mol. The molecule has 1 saturated carbocycles. The number of aromatic carboxylic acids is 1. The van der Waals surface area contributed by atoms with Crippen LogP contribution in [0.1, 0.15) is 47.6 Å². The van der Waals surface area contributed by atoms with Crippen LogP contribution in [0.2, 0.25) is 5.02 Å². The van der Waals surface area contributed by atoms with Gasteiger partial charge in [-0.05, 0) is 55.5 Å². The van der Waals surface area contributed by atoms with E-state index in [0.717, 1.165) is 5.56 Å². The van der Waals surface area contributed by atoms with E-state index in [4.69, 9.17) is 17.3 Å². The lowest BCUT2D eigenvalue weighted by Gasteiger charge is -2.37. The molecule has 0 unspecified atom stereocenters. The van der Waals surface area contributed by atoms with E-state index < -0.39 is 11.5 Å². The molecule has 3 N–H and O–H groups in total. The monoisotopic (exact) mass is 424 g/mol. The maximum absolute atomic E-state index is 12.5. The van der Waals surface area contributed by atoms with Crippen molar-refractivity contribution < 1.29 is 9.90 Å². The van der Waals surface area contributed by atoms with Gasteiger partial charge in [-0.1, -0.05) is 23.7 Å². The molecule has 1 fully saturated rings. The van der Waals surface area contributed by atoms with Crippen LogP contribution in [0, 0.1) is 0 Å². The quantitative estimate of drug-likeness (QED) is 0.661. The summed E-state index contributed by atoms with van der Waals surface area (Å²) in [4.78, 5) is 27.7. The van der Waals surface area contributed by atoms with Crippen LogP contribution in [0.3, 0.4) is 0 Å². The molecule has 0 aliphatic heterocycles. The van der Waals surface area contributed by atoms with Crippen LogP contribution in [-0.2, 0) is 5.54 Å². The van der Waals surface area contributed by atoms with Gasteiger partial charge in [0, 0.05) is 34.6 Å². The van der Waals surface area contributed by atoms with Gasteiger partial charge in [0.15, 0.2) is 0 Å². The second-order valence-electron chi connectivity index (χ2n) is 7.67. The Bertz CT molecular complexity index is 1150. The van der Waals surface area contributed by atoms with Crippen LogP contribution < -0.4 is 11.3 Å². The fourth-order valence-corrected chi connectivity index (χ4v) is 4.18. The smallest absolute Gasteiger partial charge is 0.337 e. The summed E-state index contributed by atoms with van der Waals surface area (Å²) in [6.07, 6.45) is 5.62. The lowest BCUT2D eigenvalue weighted by molar-refractivity contribution is 0.0696. The number of carboxylic acids is 1. The standard InChI is InChI=1S/C22H21ClN4O3/c23-17-3-1-2-16(11-17)22(24)8-6-18(7-9-22)27-20(28)5-4-19(26-27)14-10-15(21(29)30)13-25-12-14/h1-5,10-13,18H,6-9,24H2,(H,29,30). The highest BCUT2D eigenvalue weighted by Gasteiger charge is 2.34. The number of carboxylic acid groups (broad SMARTS) is 1. The highest BCUT2D eigenvalue weighted by Crippen LogP contribution is 2.39. The normalized spacial score (nSPS) is 21.3. The molecule has 1 aliphatic carbocycles. The third-order valence-electron chi connectivity index (χ3n) is 5.70. The minimum atomic E-state index is -1.06. The summed E-state index contributed by atoms with van der Waals surface area (Å²) in [7, 11) is 0. The van der Waals surface area contributed by atoms with Crippen molar-refractivity contribution in [2.45, 2.75) is 37.3 Å². The zero-order valence-electron chi connectivity index (χ0n) is 16.2. The third kappa shape index (κ3) is 3.99. The maximum Gasteiger partial charge on any atom is 0.337 e. The molecule has 0 bridgehead atoms. The highest BCUT2D eigenvalue weighted by molar-refractivity contribution is 6.30. The van der Waals surface area contributed by atoms with Crippen LogP contribution in [0.25, 0.3) is 11.3 Å². The number of nitrogens with two attached hydrogens (primary N) is 1. The number of hydrogen-bond acceptors (Lipinski definition) is 5. The van der Waals surface area contributed by atoms with Crippen molar-refractivity contribution in [1.82, 2.24) is 14.8 Å². The van der Waals surface area contributed by atoms with Crippen LogP contribution >= 0.6 is 11.6 Å². The number of rotatable bonds is 4. The number of hydrogen-bond donors (Lipinski definition) is 2. The van der Waals surface area contributed by atoms with E-state index in [9.17, 15) is 14.7 Å². The third-order valence-corrected chi connectivity index (χ3v) is 5.93. The van der Waals surface area contributed by atoms with Gasteiger partial charge in [0.05, 0.1) is 17.3 Å². The summed E-state index contributed by atoms with van der Waals surface area (Å²) in [5.74, 6) is -1.06. The van der Waals surface area contributed by atoms with Crippen molar-refractivity contribution in [1.29, 1.82) is 0 Å². The van der Waals surface area contributed by atoms with Crippen LogP contribution in [-0.4, -0.2) is 25.8 Å². The molecule has 0 amide bonds. The second-order valence-corrected chi connectivity index (χ2v) is 8.10. The van der Waals surface area contributed by atoms with Gasteiger partial charge >= 0.3 is 5.97 Å². The van der Waals surface area contributed by atoms with E-state index in [1.807, 2.05) is 24.3 Å². The summed E-state index contributed by atoms with van der Waals surface area (Å²) >= 11 is 6.12. The molecule has 0 atom stereocenters. The zero-order chi connectivity index (χ0) is 21.3. The summed E-state index contributed by atoms with van der Waals surface area (Å²) in [6.45, 7) is 0. The van der Waals surface area contributed by atoms with E-state index in [1.54, 1.807) is 6.07 Å². The Labute approximate surface area is 178 Å². The van der Waals surface area contributed by atoms with Crippen molar-refractivity contribution in [2.24, 2.45) is 5.73 Å². The Morgan fingerprint density at radius 3 is 2.63 bits per heavy atom. The second kappa shape index (κ2) is 8.01. The van der Waals surface area contributed by atoms with Crippen LogP contribution in [0.5, 0.6) is 0 Å². The Morgan fingerprint density at radius 1 is 1.17 bits per heavy atom. The number of pyridine rings is 1. The zero-order valence-corrected chi connectivity index (χ0v) is 16.9. The summed E-state index contributed by atoms with van der Waals surface area (Å²) in [6, 6.07) is 12.1. The minimum absolute atomic E-state index is 0.0687. The molecular formula is C22H21ClN4O3. The molecule has 2 heterocycles. The maximum atomic E-state index is 12.5. The van der Waals surface area contributed by atoms with Gasteiger partial charge in [-0.2, -0.15) is 5.10 Å². The first-order chi connectivity index (χ1) is 14.4. The van der Waals surface area contributed by atoms with E-state index in [-0.39, 0.29) is 17.2 Å². The number of halogens is 1. The highest BCUT2D eigenvalue weighted by atomic mass is 35.5. The topological polar surface area (TPSA) is 111 Å². The molecule has 8 heteroatoms. The predicted octanol–water partition coefficient (Wildman–Crippen LogP) is 3.63. The van der Waals surface area contributed by atoms with Crippen molar-refractivity contribution >= 4 is 17.6 Å². The molecule has 0 saturated heterocycles. The molecular weight excluding hydrogens is 404 g/mol. The summed E-state index contributed by atoms with van der Waals surface area (Å²) in [5, 5.41) is 14.3. The fourth-order valence-electron chi connectivity index (χ4n) is 3.99. The molecule has 2 aromatic heterocycles. The van der Waals surface area contributed by atoms with E-state index in [1.165, 1.54) is 29.2 Å². The first-order valence-electron chi connectivity index (χ1n) is 9.69. The Morgan fingerprint density at radius 2 is 1.93 bits per heavy atom. The first kappa shape index (κ1) is 20.3. The van der Waals surface area contributed by atoms with Crippen molar-refractivity contribution in [3.63, 3.8) is 0 Å². The van der Waals surface area contributed by atoms with E-state index >= 15 is 0 Å². The first-order valence-corrected chi connectivity index (χ1v) is 10.1. The van der Waals surface area contributed by atoms with Crippen LogP contribution in [0.4, 0.5) is 0 Å². The molecule has 1 aliphatic rings. The number of benzene rings is 1. The van der Waals surface area contributed by atoms with Gasteiger partial charge in [0.25, 0.3) is 5.56 Å². The number of aromatic nitrogens is 3. The molecule has 0 radical (unpaired) electrons. The van der Waals surface area contributed by atoms with Crippen molar-refractivity contribution in [3.05, 3.63) is 81.4 Å².